The van der Waals surface area contributed by atoms with Crippen LogP contribution < -0.4 is 10.6 Å². The SMILES string of the molecule is CC1CCN(c2nc(C(C)(C)N)cs2)CC1. The molecule has 0 atom stereocenters. The van der Waals surface area contributed by atoms with Crippen LogP contribution in [0.15, 0.2) is 5.38 Å². The third kappa shape index (κ3) is 2.55. The van der Waals surface area contributed by atoms with Crippen LogP contribution in [0.4, 0.5) is 5.13 Å². The van der Waals surface area contributed by atoms with Crippen LogP contribution in [0.1, 0.15) is 39.3 Å². The van der Waals surface area contributed by atoms with E-state index in [1.165, 1.54) is 12.8 Å². The summed E-state index contributed by atoms with van der Waals surface area (Å²) in [6, 6.07) is 0. The number of aromatic nitrogens is 1. The van der Waals surface area contributed by atoms with E-state index >= 15 is 0 Å². The molecule has 0 saturated carbocycles. The minimum atomic E-state index is -0.322. The molecule has 2 N–H and O–H groups in total. The summed E-state index contributed by atoms with van der Waals surface area (Å²) in [5.74, 6) is 0.863. The van der Waals surface area contributed by atoms with Crippen LogP contribution >= 0.6 is 11.3 Å². The number of rotatable bonds is 2. The largest absolute Gasteiger partial charge is 0.348 e. The van der Waals surface area contributed by atoms with E-state index in [0.29, 0.717) is 0 Å². The Morgan fingerprint density at radius 2 is 2.06 bits per heavy atom. The van der Waals surface area contributed by atoms with E-state index in [9.17, 15) is 0 Å². The van der Waals surface area contributed by atoms with E-state index in [1.54, 1.807) is 11.3 Å². The molecule has 1 aliphatic rings. The first-order chi connectivity index (χ1) is 7.47. The summed E-state index contributed by atoms with van der Waals surface area (Å²) in [7, 11) is 0. The van der Waals surface area contributed by atoms with Gasteiger partial charge in [-0.25, -0.2) is 4.98 Å². The highest BCUT2D eigenvalue weighted by Gasteiger charge is 2.22. The Kier molecular flexibility index (Phi) is 3.22. The maximum absolute atomic E-state index is 6.05. The molecule has 3 nitrogen and oxygen atoms in total. The highest BCUT2D eigenvalue weighted by atomic mass is 32.1. The lowest BCUT2D eigenvalue weighted by Gasteiger charge is -2.30. The lowest BCUT2D eigenvalue weighted by Crippen LogP contribution is -2.33. The second-order valence-electron chi connectivity index (χ2n) is 5.41. The molecule has 1 saturated heterocycles. The summed E-state index contributed by atoms with van der Waals surface area (Å²) in [5.41, 5.74) is 6.73. The smallest absolute Gasteiger partial charge is 0.185 e. The van der Waals surface area contributed by atoms with Crippen molar-refractivity contribution >= 4 is 16.5 Å². The molecule has 0 amide bonds. The molecule has 0 radical (unpaired) electrons. The average Bonchev–Trinajstić information content (AvgIpc) is 2.67. The zero-order valence-electron chi connectivity index (χ0n) is 10.4. The molecular formula is C12H21N3S. The van der Waals surface area contributed by atoms with Gasteiger partial charge in [0, 0.05) is 18.5 Å². The second kappa shape index (κ2) is 4.34. The van der Waals surface area contributed by atoms with Gasteiger partial charge in [0.2, 0.25) is 0 Å². The maximum Gasteiger partial charge on any atom is 0.185 e. The highest BCUT2D eigenvalue weighted by Crippen LogP contribution is 2.28. The molecule has 90 valence electrons. The predicted molar refractivity (Wildman–Crippen MR) is 69.9 cm³/mol. The number of hydrogen-bond acceptors (Lipinski definition) is 4. The minimum absolute atomic E-state index is 0.322. The zero-order valence-corrected chi connectivity index (χ0v) is 11.2. The molecule has 0 spiro atoms. The van der Waals surface area contributed by atoms with E-state index in [0.717, 1.165) is 29.8 Å². The Hall–Kier alpha value is -0.610. The van der Waals surface area contributed by atoms with E-state index in [1.807, 2.05) is 13.8 Å². The van der Waals surface area contributed by atoms with Crippen molar-refractivity contribution in [3.63, 3.8) is 0 Å². The van der Waals surface area contributed by atoms with E-state index in [2.05, 4.69) is 22.2 Å². The maximum atomic E-state index is 6.05. The van der Waals surface area contributed by atoms with Crippen molar-refractivity contribution in [3.05, 3.63) is 11.1 Å². The Balaban J connectivity index is 2.08. The summed E-state index contributed by atoms with van der Waals surface area (Å²) < 4.78 is 0. The van der Waals surface area contributed by atoms with Gasteiger partial charge >= 0.3 is 0 Å². The van der Waals surface area contributed by atoms with Gasteiger partial charge in [-0.05, 0) is 32.6 Å². The molecular weight excluding hydrogens is 218 g/mol. The normalized spacial score (nSPS) is 19.1. The summed E-state index contributed by atoms with van der Waals surface area (Å²) in [6.07, 6.45) is 2.56. The van der Waals surface area contributed by atoms with Crippen LogP contribution in [-0.4, -0.2) is 18.1 Å². The molecule has 0 aliphatic carbocycles. The van der Waals surface area contributed by atoms with Gasteiger partial charge in [-0.1, -0.05) is 6.92 Å². The van der Waals surface area contributed by atoms with Gasteiger partial charge in [0.1, 0.15) is 0 Å². The van der Waals surface area contributed by atoms with Gasteiger partial charge in [-0.2, -0.15) is 0 Å². The van der Waals surface area contributed by atoms with Gasteiger partial charge in [-0.15, -0.1) is 11.3 Å². The van der Waals surface area contributed by atoms with Crippen molar-refractivity contribution in [2.75, 3.05) is 18.0 Å². The molecule has 2 rings (SSSR count). The molecule has 0 unspecified atom stereocenters. The fourth-order valence-corrected chi connectivity index (χ4v) is 2.96. The van der Waals surface area contributed by atoms with E-state index in [-0.39, 0.29) is 5.54 Å². The first kappa shape index (κ1) is 11.9. The molecule has 0 aromatic carbocycles. The Morgan fingerprint density at radius 3 is 2.56 bits per heavy atom. The van der Waals surface area contributed by atoms with Crippen LogP contribution in [0.3, 0.4) is 0 Å². The Bertz CT molecular complexity index is 345. The standard InChI is InChI=1S/C12H21N3S/c1-9-4-6-15(7-5-9)11-14-10(8-16-11)12(2,3)13/h8-9H,4-7,13H2,1-3H3. The van der Waals surface area contributed by atoms with Gasteiger partial charge < -0.3 is 10.6 Å². The predicted octanol–water partition coefficient (Wildman–Crippen LogP) is 2.57. The third-order valence-corrected chi connectivity index (χ3v) is 4.11. The molecule has 1 aliphatic heterocycles. The number of piperidine rings is 1. The van der Waals surface area contributed by atoms with Crippen LogP contribution in [0.5, 0.6) is 0 Å². The summed E-state index contributed by atoms with van der Waals surface area (Å²) >= 11 is 1.72. The number of nitrogens with zero attached hydrogens (tertiary/aromatic N) is 2. The molecule has 1 fully saturated rings. The molecule has 1 aromatic rings. The lowest BCUT2D eigenvalue weighted by molar-refractivity contribution is 0.437. The van der Waals surface area contributed by atoms with Crippen LogP contribution in [0.2, 0.25) is 0 Å². The molecule has 16 heavy (non-hydrogen) atoms. The van der Waals surface area contributed by atoms with Crippen molar-refractivity contribution in [2.24, 2.45) is 11.7 Å². The topological polar surface area (TPSA) is 42.2 Å². The van der Waals surface area contributed by atoms with Crippen LogP contribution in [0, 0.1) is 5.92 Å². The van der Waals surface area contributed by atoms with Crippen molar-refractivity contribution in [1.29, 1.82) is 0 Å². The lowest BCUT2D eigenvalue weighted by atomic mass is 10.00. The number of hydrogen-bond donors (Lipinski definition) is 1. The van der Waals surface area contributed by atoms with Crippen LogP contribution in [-0.2, 0) is 5.54 Å². The number of thiazole rings is 1. The zero-order chi connectivity index (χ0) is 11.8. The van der Waals surface area contributed by atoms with Crippen molar-refractivity contribution in [1.82, 2.24) is 4.98 Å². The minimum Gasteiger partial charge on any atom is -0.348 e. The molecule has 1 aromatic heterocycles. The Labute approximate surface area is 102 Å². The average molecular weight is 239 g/mol. The van der Waals surface area contributed by atoms with Gasteiger partial charge in [0.05, 0.1) is 11.2 Å². The van der Waals surface area contributed by atoms with Crippen molar-refractivity contribution in [2.45, 2.75) is 39.2 Å². The number of nitrogens with two attached hydrogens (primary N) is 1. The first-order valence-electron chi connectivity index (χ1n) is 5.96. The van der Waals surface area contributed by atoms with E-state index < -0.39 is 0 Å². The van der Waals surface area contributed by atoms with Crippen molar-refractivity contribution < 1.29 is 0 Å². The van der Waals surface area contributed by atoms with Gasteiger partial charge in [0.25, 0.3) is 0 Å². The fraction of sp³-hybridized carbons (Fsp3) is 0.750. The highest BCUT2D eigenvalue weighted by molar-refractivity contribution is 7.13. The monoisotopic (exact) mass is 239 g/mol. The molecule has 2 heterocycles. The van der Waals surface area contributed by atoms with E-state index in [4.69, 9.17) is 5.73 Å². The number of anilines is 1. The quantitative estimate of drug-likeness (QED) is 0.862. The second-order valence-corrected chi connectivity index (χ2v) is 6.24. The van der Waals surface area contributed by atoms with Crippen molar-refractivity contribution in [3.8, 4) is 0 Å². The Morgan fingerprint density at radius 1 is 1.44 bits per heavy atom. The van der Waals surface area contributed by atoms with Crippen LogP contribution in [0.25, 0.3) is 0 Å². The van der Waals surface area contributed by atoms with Gasteiger partial charge in [0.15, 0.2) is 5.13 Å². The summed E-state index contributed by atoms with van der Waals surface area (Å²) in [4.78, 5) is 7.04. The third-order valence-electron chi connectivity index (χ3n) is 3.21. The summed E-state index contributed by atoms with van der Waals surface area (Å²) in [5, 5.41) is 3.23. The summed E-state index contributed by atoms with van der Waals surface area (Å²) in [6.45, 7) is 8.61. The van der Waals surface area contributed by atoms with Gasteiger partial charge in [-0.3, -0.25) is 0 Å². The fourth-order valence-electron chi connectivity index (χ4n) is 1.91. The molecule has 4 heteroatoms. The first-order valence-corrected chi connectivity index (χ1v) is 6.84. The molecule has 0 bridgehead atoms.